The molecule has 0 aliphatic heterocycles. The van der Waals surface area contributed by atoms with Gasteiger partial charge >= 0.3 is 0 Å². The lowest BCUT2D eigenvalue weighted by Crippen LogP contribution is -2.39. The topological polar surface area (TPSA) is 78.0 Å². The fraction of sp³-hybridized carbons (Fsp3) is 0.636. The third-order valence-corrected chi connectivity index (χ3v) is 3.90. The number of halogens is 1. The van der Waals surface area contributed by atoms with Crippen molar-refractivity contribution < 1.29 is 5.11 Å². The summed E-state index contributed by atoms with van der Waals surface area (Å²) in [6, 6.07) is 0. The number of H-pyrrole nitrogens is 1. The van der Waals surface area contributed by atoms with E-state index in [2.05, 4.69) is 31.2 Å². The van der Waals surface area contributed by atoms with E-state index in [-0.39, 0.29) is 5.56 Å². The number of nitrogens with zero attached hydrogens (tertiary/aromatic N) is 1. The second kappa shape index (κ2) is 5.18. The smallest absolute Gasteiger partial charge is 0.267 e. The molecule has 2 rings (SSSR count). The van der Waals surface area contributed by atoms with Crippen molar-refractivity contribution in [1.29, 1.82) is 0 Å². The Morgan fingerprint density at radius 3 is 2.88 bits per heavy atom. The molecule has 17 heavy (non-hydrogen) atoms. The fourth-order valence-corrected chi connectivity index (χ4v) is 2.50. The highest BCUT2D eigenvalue weighted by molar-refractivity contribution is 9.10. The van der Waals surface area contributed by atoms with Crippen molar-refractivity contribution >= 4 is 21.7 Å². The van der Waals surface area contributed by atoms with E-state index < -0.39 is 5.60 Å². The van der Waals surface area contributed by atoms with Gasteiger partial charge < -0.3 is 15.4 Å². The van der Waals surface area contributed by atoms with Crippen LogP contribution in [0.1, 0.15) is 32.1 Å². The molecule has 1 aliphatic rings. The van der Waals surface area contributed by atoms with E-state index in [1.165, 1.54) is 12.7 Å². The van der Waals surface area contributed by atoms with E-state index in [4.69, 9.17) is 0 Å². The van der Waals surface area contributed by atoms with Crippen molar-refractivity contribution in [3.63, 3.8) is 0 Å². The summed E-state index contributed by atoms with van der Waals surface area (Å²) in [6.07, 6.45) is 6.27. The van der Waals surface area contributed by atoms with Gasteiger partial charge in [-0.2, -0.15) is 0 Å². The van der Waals surface area contributed by atoms with Crippen molar-refractivity contribution in [3.05, 3.63) is 21.2 Å². The molecule has 1 heterocycles. The second-order valence-corrected chi connectivity index (χ2v) is 5.33. The normalized spacial score (nSPS) is 18.9. The highest BCUT2D eigenvalue weighted by Crippen LogP contribution is 2.28. The fourth-order valence-electron chi connectivity index (χ4n) is 2.14. The summed E-state index contributed by atoms with van der Waals surface area (Å²) in [6.45, 7) is 0.433. The molecule has 3 N–H and O–H groups in total. The quantitative estimate of drug-likeness (QED) is 0.793. The zero-order valence-electron chi connectivity index (χ0n) is 9.50. The van der Waals surface area contributed by atoms with E-state index >= 15 is 0 Å². The predicted octanol–water partition coefficient (Wildman–Crippen LogP) is 1.64. The van der Waals surface area contributed by atoms with E-state index in [9.17, 15) is 9.90 Å². The van der Waals surface area contributed by atoms with Gasteiger partial charge in [0, 0.05) is 6.54 Å². The third-order valence-electron chi connectivity index (χ3n) is 3.17. The first-order valence-corrected chi connectivity index (χ1v) is 6.59. The molecule has 1 saturated carbocycles. The standard InChI is InChI=1S/C11H16BrN3O2/c12-8-9(14-7-15-10(8)16)13-6-11(17)4-2-1-3-5-11/h7,17H,1-6H2,(H2,13,14,15,16). The van der Waals surface area contributed by atoms with Crippen LogP contribution in [0.4, 0.5) is 5.82 Å². The molecule has 94 valence electrons. The average molecular weight is 302 g/mol. The maximum absolute atomic E-state index is 11.3. The molecule has 0 spiro atoms. The van der Waals surface area contributed by atoms with Gasteiger partial charge in [0.05, 0.1) is 11.9 Å². The van der Waals surface area contributed by atoms with Crippen molar-refractivity contribution in [3.8, 4) is 0 Å². The number of hydrogen-bond acceptors (Lipinski definition) is 4. The molecule has 1 aromatic heterocycles. The molecule has 0 atom stereocenters. The lowest BCUT2D eigenvalue weighted by Gasteiger charge is -2.32. The molecular formula is C11H16BrN3O2. The number of hydrogen-bond donors (Lipinski definition) is 3. The van der Waals surface area contributed by atoms with Crippen LogP contribution in [0.5, 0.6) is 0 Å². The number of nitrogens with one attached hydrogen (secondary N) is 2. The minimum atomic E-state index is -0.665. The zero-order valence-corrected chi connectivity index (χ0v) is 11.1. The Hall–Kier alpha value is -0.880. The lowest BCUT2D eigenvalue weighted by atomic mass is 9.85. The maximum Gasteiger partial charge on any atom is 0.267 e. The Kier molecular flexibility index (Phi) is 3.83. The molecule has 1 aliphatic carbocycles. The first kappa shape index (κ1) is 12.6. The molecule has 1 aromatic rings. The van der Waals surface area contributed by atoms with Crippen molar-refractivity contribution in [2.75, 3.05) is 11.9 Å². The van der Waals surface area contributed by atoms with Gasteiger partial charge in [-0.15, -0.1) is 0 Å². The Morgan fingerprint density at radius 1 is 1.47 bits per heavy atom. The van der Waals surface area contributed by atoms with E-state index in [1.807, 2.05) is 0 Å². The van der Waals surface area contributed by atoms with Crippen LogP contribution in [0.15, 0.2) is 15.6 Å². The van der Waals surface area contributed by atoms with Gasteiger partial charge in [-0.1, -0.05) is 19.3 Å². The van der Waals surface area contributed by atoms with Crippen molar-refractivity contribution in [2.45, 2.75) is 37.7 Å². The Morgan fingerprint density at radius 2 is 2.18 bits per heavy atom. The number of aliphatic hydroxyl groups is 1. The van der Waals surface area contributed by atoms with Crippen LogP contribution < -0.4 is 10.9 Å². The van der Waals surface area contributed by atoms with Gasteiger partial charge in [-0.05, 0) is 28.8 Å². The van der Waals surface area contributed by atoms with Gasteiger partial charge in [-0.3, -0.25) is 4.79 Å². The minimum absolute atomic E-state index is 0.224. The first-order chi connectivity index (χ1) is 8.11. The molecule has 0 radical (unpaired) electrons. The van der Waals surface area contributed by atoms with Crippen LogP contribution in [-0.2, 0) is 0 Å². The zero-order chi connectivity index (χ0) is 12.3. The predicted molar refractivity (Wildman–Crippen MR) is 69.1 cm³/mol. The largest absolute Gasteiger partial charge is 0.388 e. The molecule has 0 amide bonds. The van der Waals surface area contributed by atoms with Crippen LogP contribution >= 0.6 is 15.9 Å². The van der Waals surface area contributed by atoms with Crippen molar-refractivity contribution in [2.24, 2.45) is 0 Å². The van der Waals surface area contributed by atoms with E-state index in [1.54, 1.807) is 0 Å². The molecular weight excluding hydrogens is 286 g/mol. The summed E-state index contributed by atoms with van der Waals surface area (Å²) in [4.78, 5) is 17.8. The van der Waals surface area contributed by atoms with E-state index in [0.717, 1.165) is 25.7 Å². The van der Waals surface area contributed by atoms with Gasteiger partial charge in [0.2, 0.25) is 0 Å². The summed E-state index contributed by atoms with van der Waals surface area (Å²) in [5.41, 5.74) is -0.889. The summed E-state index contributed by atoms with van der Waals surface area (Å²) in [7, 11) is 0. The molecule has 1 fully saturated rings. The summed E-state index contributed by atoms with van der Waals surface area (Å²) in [5.74, 6) is 0.479. The van der Waals surface area contributed by atoms with Gasteiger partial charge in [-0.25, -0.2) is 4.98 Å². The maximum atomic E-state index is 11.3. The first-order valence-electron chi connectivity index (χ1n) is 5.80. The number of anilines is 1. The SMILES string of the molecule is O=c1[nH]cnc(NCC2(O)CCCCC2)c1Br. The molecule has 0 saturated heterocycles. The molecule has 5 nitrogen and oxygen atoms in total. The third kappa shape index (κ3) is 3.07. The highest BCUT2D eigenvalue weighted by Gasteiger charge is 2.29. The second-order valence-electron chi connectivity index (χ2n) is 4.53. The minimum Gasteiger partial charge on any atom is -0.388 e. The Bertz CT molecular complexity index is 441. The van der Waals surface area contributed by atoms with Gasteiger partial charge in [0.1, 0.15) is 10.3 Å². The van der Waals surface area contributed by atoms with Crippen LogP contribution in [0.2, 0.25) is 0 Å². The van der Waals surface area contributed by atoms with Gasteiger partial charge in [0.25, 0.3) is 5.56 Å². The molecule has 0 aromatic carbocycles. The highest BCUT2D eigenvalue weighted by atomic mass is 79.9. The number of rotatable bonds is 3. The molecule has 0 unspecified atom stereocenters. The van der Waals surface area contributed by atoms with Crippen LogP contribution in [-0.4, -0.2) is 27.2 Å². The lowest BCUT2D eigenvalue weighted by molar-refractivity contribution is 0.0166. The van der Waals surface area contributed by atoms with Crippen molar-refractivity contribution in [1.82, 2.24) is 9.97 Å². The van der Waals surface area contributed by atoms with Crippen LogP contribution in [0.3, 0.4) is 0 Å². The number of aromatic amines is 1. The average Bonchev–Trinajstić information content (AvgIpc) is 2.32. The number of aromatic nitrogens is 2. The molecule has 0 bridgehead atoms. The van der Waals surface area contributed by atoms with Crippen LogP contribution in [0, 0.1) is 0 Å². The molecule has 6 heteroatoms. The summed E-state index contributed by atoms with van der Waals surface area (Å²) >= 11 is 3.17. The Balaban J connectivity index is 2.02. The summed E-state index contributed by atoms with van der Waals surface area (Å²) < 4.78 is 0.374. The van der Waals surface area contributed by atoms with Crippen LogP contribution in [0.25, 0.3) is 0 Å². The van der Waals surface area contributed by atoms with Gasteiger partial charge in [0.15, 0.2) is 0 Å². The monoisotopic (exact) mass is 301 g/mol. The Labute approximate surface area is 108 Å². The summed E-state index contributed by atoms with van der Waals surface area (Å²) in [5, 5.41) is 13.3. The van der Waals surface area contributed by atoms with E-state index in [0.29, 0.717) is 16.8 Å².